The molecule has 96 valence electrons. The molecule has 0 unspecified atom stereocenters. The van der Waals surface area contributed by atoms with Crippen LogP contribution in [0.15, 0.2) is 30.3 Å². The van der Waals surface area contributed by atoms with Crippen molar-refractivity contribution >= 4 is 0 Å². The van der Waals surface area contributed by atoms with Gasteiger partial charge >= 0.3 is 0 Å². The largest absolute Gasteiger partial charge is 0.375 e. The Labute approximate surface area is 105 Å². The second-order valence-electron chi connectivity index (χ2n) is 4.30. The Morgan fingerprint density at radius 1 is 1.18 bits per heavy atom. The Kier molecular flexibility index (Phi) is 7.63. The van der Waals surface area contributed by atoms with Gasteiger partial charge < -0.3 is 15.0 Å². The molecule has 0 aliphatic heterocycles. The van der Waals surface area contributed by atoms with E-state index in [9.17, 15) is 0 Å². The Morgan fingerprint density at radius 3 is 2.65 bits per heavy atom. The lowest BCUT2D eigenvalue weighted by Gasteiger charge is -2.16. The first-order chi connectivity index (χ1) is 8.33. The van der Waals surface area contributed by atoms with E-state index in [0.717, 1.165) is 26.2 Å². The van der Waals surface area contributed by atoms with Crippen molar-refractivity contribution in [1.82, 2.24) is 10.2 Å². The van der Waals surface area contributed by atoms with Crippen molar-refractivity contribution in [2.24, 2.45) is 0 Å². The highest BCUT2D eigenvalue weighted by molar-refractivity contribution is 5.13. The average molecular weight is 236 g/mol. The van der Waals surface area contributed by atoms with E-state index in [4.69, 9.17) is 4.74 Å². The summed E-state index contributed by atoms with van der Waals surface area (Å²) in [4.78, 5) is 2.31. The number of nitrogens with one attached hydrogen (secondary N) is 1. The fraction of sp³-hybridized carbons (Fsp3) is 0.571. The van der Waals surface area contributed by atoms with Crippen molar-refractivity contribution in [2.75, 3.05) is 40.3 Å². The summed E-state index contributed by atoms with van der Waals surface area (Å²) in [5.41, 5.74) is 1.24. The molecule has 0 aromatic heterocycles. The molecule has 0 saturated heterocycles. The van der Waals surface area contributed by atoms with E-state index in [1.165, 1.54) is 12.0 Å². The van der Waals surface area contributed by atoms with Gasteiger partial charge in [0.25, 0.3) is 0 Å². The first-order valence-electron chi connectivity index (χ1n) is 6.27. The fourth-order valence-electron chi connectivity index (χ4n) is 1.62. The minimum Gasteiger partial charge on any atom is -0.375 e. The summed E-state index contributed by atoms with van der Waals surface area (Å²) < 4.78 is 5.64. The topological polar surface area (TPSA) is 24.5 Å². The summed E-state index contributed by atoms with van der Waals surface area (Å²) >= 11 is 0. The molecule has 17 heavy (non-hydrogen) atoms. The van der Waals surface area contributed by atoms with Crippen molar-refractivity contribution in [3.8, 4) is 0 Å². The molecule has 0 atom stereocenters. The van der Waals surface area contributed by atoms with Gasteiger partial charge in [0, 0.05) is 6.54 Å². The van der Waals surface area contributed by atoms with Crippen molar-refractivity contribution in [2.45, 2.75) is 13.0 Å². The van der Waals surface area contributed by atoms with Crippen LogP contribution < -0.4 is 5.32 Å². The maximum absolute atomic E-state index is 5.64. The number of hydrogen-bond acceptors (Lipinski definition) is 3. The third-order valence-electron chi connectivity index (χ3n) is 2.70. The minimum absolute atomic E-state index is 0.713. The predicted octanol–water partition coefficient (Wildman–Crippen LogP) is 1.74. The molecule has 1 N–H and O–H groups in total. The Hall–Kier alpha value is -0.900. The van der Waals surface area contributed by atoms with Gasteiger partial charge in [-0.25, -0.2) is 0 Å². The highest BCUT2D eigenvalue weighted by Crippen LogP contribution is 2.00. The van der Waals surface area contributed by atoms with Crippen molar-refractivity contribution in [3.63, 3.8) is 0 Å². The molecule has 0 heterocycles. The Bertz CT molecular complexity index is 277. The van der Waals surface area contributed by atoms with Gasteiger partial charge in [0.1, 0.15) is 0 Å². The number of likely N-dealkylation sites (N-methyl/N-ethyl adjacent to an activating group) is 1. The summed E-state index contributed by atoms with van der Waals surface area (Å²) in [6, 6.07) is 10.3. The van der Waals surface area contributed by atoms with Crippen LogP contribution in [0.25, 0.3) is 0 Å². The third kappa shape index (κ3) is 7.10. The number of nitrogens with zero attached hydrogens (tertiary/aromatic N) is 1. The van der Waals surface area contributed by atoms with E-state index in [0.29, 0.717) is 6.61 Å². The molecule has 0 bridgehead atoms. The molecule has 0 amide bonds. The fourth-order valence-corrected chi connectivity index (χ4v) is 1.62. The van der Waals surface area contributed by atoms with Crippen LogP contribution in [0.1, 0.15) is 12.0 Å². The van der Waals surface area contributed by atoms with Gasteiger partial charge in [-0.05, 0) is 39.2 Å². The third-order valence-corrected chi connectivity index (χ3v) is 2.70. The maximum atomic E-state index is 5.64. The lowest BCUT2D eigenvalue weighted by molar-refractivity contribution is 0.0994. The zero-order valence-corrected chi connectivity index (χ0v) is 11.0. The second-order valence-corrected chi connectivity index (χ2v) is 4.30. The van der Waals surface area contributed by atoms with Gasteiger partial charge in [-0.1, -0.05) is 30.3 Å². The maximum Gasteiger partial charge on any atom is 0.0717 e. The molecule has 0 fully saturated rings. The molecular weight excluding hydrogens is 212 g/mol. The van der Waals surface area contributed by atoms with Gasteiger partial charge in [-0.2, -0.15) is 0 Å². The van der Waals surface area contributed by atoms with Crippen LogP contribution in [0.4, 0.5) is 0 Å². The van der Waals surface area contributed by atoms with Crippen LogP contribution >= 0.6 is 0 Å². The molecule has 3 nitrogen and oxygen atoms in total. The molecule has 0 saturated carbocycles. The molecule has 0 radical (unpaired) electrons. The van der Waals surface area contributed by atoms with Crippen LogP contribution in [-0.4, -0.2) is 45.2 Å². The average Bonchev–Trinajstić information content (AvgIpc) is 2.36. The first-order valence-corrected chi connectivity index (χ1v) is 6.27. The molecule has 1 aromatic rings. The predicted molar refractivity (Wildman–Crippen MR) is 72.1 cm³/mol. The molecule has 1 rings (SSSR count). The summed E-state index contributed by atoms with van der Waals surface area (Å²) in [7, 11) is 4.13. The summed E-state index contributed by atoms with van der Waals surface area (Å²) in [5.74, 6) is 0. The molecule has 0 spiro atoms. The zero-order chi connectivity index (χ0) is 12.3. The van der Waals surface area contributed by atoms with Gasteiger partial charge in [0.2, 0.25) is 0 Å². The quantitative estimate of drug-likeness (QED) is 0.661. The van der Waals surface area contributed by atoms with E-state index >= 15 is 0 Å². The van der Waals surface area contributed by atoms with Crippen LogP contribution in [0, 0.1) is 0 Å². The highest BCUT2D eigenvalue weighted by Gasteiger charge is 1.98. The van der Waals surface area contributed by atoms with E-state index in [2.05, 4.69) is 29.4 Å². The summed E-state index contributed by atoms with van der Waals surface area (Å²) in [6.07, 6.45) is 1.19. The van der Waals surface area contributed by atoms with E-state index < -0.39 is 0 Å². The summed E-state index contributed by atoms with van der Waals surface area (Å²) in [5, 5.41) is 3.15. The van der Waals surface area contributed by atoms with Gasteiger partial charge in [-0.3, -0.25) is 0 Å². The van der Waals surface area contributed by atoms with Crippen molar-refractivity contribution < 1.29 is 4.74 Å². The molecule has 0 aliphatic carbocycles. The van der Waals surface area contributed by atoms with E-state index in [1.807, 2.05) is 25.2 Å². The number of ether oxygens (including phenoxy) is 1. The zero-order valence-electron chi connectivity index (χ0n) is 11.0. The van der Waals surface area contributed by atoms with Gasteiger partial charge in [-0.15, -0.1) is 0 Å². The normalized spacial score (nSPS) is 11.0. The summed E-state index contributed by atoms with van der Waals surface area (Å²) in [6.45, 7) is 4.71. The minimum atomic E-state index is 0.713. The number of rotatable bonds is 9. The van der Waals surface area contributed by atoms with Crippen molar-refractivity contribution in [3.05, 3.63) is 35.9 Å². The molecule has 1 aromatic carbocycles. The van der Waals surface area contributed by atoms with E-state index in [-0.39, 0.29) is 0 Å². The number of hydrogen-bond donors (Lipinski definition) is 1. The lowest BCUT2D eigenvalue weighted by Crippen LogP contribution is -2.26. The lowest BCUT2D eigenvalue weighted by atomic mass is 10.2. The van der Waals surface area contributed by atoms with Crippen LogP contribution in [0.5, 0.6) is 0 Å². The molecule has 3 heteroatoms. The van der Waals surface area contributed by atoms with Crippen LogP contribution in [0.2, 0.25) is 0 Å². The van der Waals surface area contributed by atoms with E-state index in [1.54, 1.807) is 0 Å². The Balaban J connectivity index is 2.00. The van der Waals surface area contributed by atoms with Crippen molar-refractivity contribution in [1.29, 1.82) is 0 Å². The second kappa shape index (κ2) is 9.16. The SMILES string of the molecule is CNCCCN(C)CCOCc1ccccc1. The molecule has 0 aliphatic rings. The Morgan fingerprint density at radius 2 is 1.94 bits per heavy atom. The highest BCUT2D eigenvalue weighted by atomic mass is 16.5. The van der Waals surface area contributed by atoms with Gasteiger partial charge in [0.15, 0.2) is 0 Å². The number of benzene rings is 1. The first kappa shape index (κ1) is 14.2. The monoisotopic (exact) mass is 236 g/mol. The van der Waals surface area contributed by atoms with Gasteiger partial charge in [0.05, 0.1) is 13.2 Å². The standard InChI is InChI=1S/C14H24N2O/c1-15-9-6-10-16(2)11-12-17-13-14-7-4-3-5-8-14/h3-5,7-8,15H,6,9-13H2,1-2H3. The smallest absolute Gasteiger partial charge is 0.0717 e. The van der Waals surface area contributed by atoms with Crippen LogP contribution in [-0.2, 0) is 11.3 Å². The van der Waals surface area contributed by atoms with Crippen LogP contribution in [0.3, 0.4) is 0 Å². The molecular formula is C14H24N2O.